The minimum atomic E-state index is -0.136. The minimum absolute atomic E-state index is 0. The lowest BCUT2D eigenvalue weighted by atomic mass is 9.96. The van der Waals surface area contributed by atoms with E-state index in [1.165, 1.54) is 5.56 Å². The Hall–Kier alpha value is 0.200. The van der Waals surface area contributed by atoms with Gasteiger partial charge in [0.1, 0.15) is 0 Å². The molecule has 0 aromatic heterocycles. The number of alkyl halides is 1. The third-order valence-electron chi connectivity index (χ3n) is 1.84. The molecule has 0 saturated heterocycles. The fraction of sp³-hybridized carbons (Fsp3) is 0.455. The van der Waals surface area contributed by atoms with Crippen LogP contribution in [-0.4, -0.2) is 5.54 Å². The lowest BCUT2D eigenvalue weighted by Gasteiger charge is -2.18. The van der Waals surface area contributed by atoms with E-state index in [0.29, 0.717) is 5.88 Å². The number of nitrogens with two attached hydrogens (primary N) is 1. The van der Waals surface area contributed by atoms with Crippen molar-refractivity contribution in [3.8, 4) is 0 Å². The molecule has 2 N–H and O–H groups in total. The van der Waals surface area contributed by atoms with Crippen LogP contribution in [0, 0.1) is 0 Å². The third-order valence-corrected chi connectivity index (χ3v) is 2.15. The van der Waals surface area contributed by atoms with Gasteiger partial charge in [-0.2, -0.15) is 0 Å². The van der Waals surface area contributed by atoms with E-state index in [9.17, 15) is 0 Å². The molecule has 0 amide bonds. The first-order chi connectivity index (χ1) is 6.01. The van der Waals surface area contributed by atoms with Crippen LogP contribution in [0.4, 0.5) is 0 Å². The molecular weight excluding hydrogens is 308 g/mol. The van der Waals surface area contributed by atoms with Crippen molar-refractivity contribution in [2.45, 2.75) is 31.7 Å². The van der Waals surface area contributed by atoms with Crippen LogP contribution in [0.3, 0.4) is 0 Å². The molecule has 0 unspecified atom stereocenters. The Kier molecular flexibility index (Phi) is 6.02. The Morgan fingerprint density at radius 2 is 1.57 bits per heavy atom. The molecule has 0 bridgehead atoms. The molecule has 1 rings (SSSR count). The van der Waals surface area contributed by atoms with Crippen molar-refractivity contribution in [2.75, 3.05) is 0 Å². The van der Waals surface area contributed by atoms with Crippen molar-refractivity contribution in [3.05, 3.63) is 35.4 Å². The monoisotopic (exact) mass is 325 g/mol. The first kappa shape index (κ1) is 14.2. The van der Waals surface area contributed by atoms with Crippen molar-refractivity contribution in [1.29, 1.82) is 0 Å². The van der Waals surface area contributed by atoms with Gasteiger partial charge in [-0.15, -0.1) is 35.6 Å². The summed E-state index contributed by atoms with van der Waals surface area (Å²) < 4.78 is 0. The van der Waals surface area contributed by atoms with Gasteiger partial charge in [0.2, 0.25) is 0 Å². The average molecular weight is 326 g/mol. The summed E-state index contributed by atoms with van der Waals surface area (Å²) in [6.07, 6.45) is 0.898. The van der Waals surface area contributed by atoms with Gasteiger partial charge in [-0.3, -0.25) is 0 Å². The highest BCUT2D eigenvalue weighted by Gasteiger charge is 2.10. The average Bonchev–Trinajstić information content (AvgIpc) is 2.03. The standard InChI is InChI=1S/C11H16ClN.HI/c1-11(2,13)7-9-3-5-10(8-12)6-4-9;/h3-6H,7-8,13H2,1-2H3;1H. The maximum Gasteiger partial charge on any atom is 0.0474 e. The van der Waals surface area contributed by atoms with Crippen LogP contribution in [0.25, 0.3) is 0 Å². The second kappa shape index (κ2) is 5.93. The molecule has 0 aliphatic heterocycles. The Bertz CT molecular complexity index is 264. The van der Waals surface area contributed by atoms with Crippen LogP contribution in [0.2, 0.25) is 0 Å². The van der Waals surface area contributed by atoms with Crippen LogP contribution in [-0.2, 0) is 12.3 Å². The SMILES string of the molecule is CC(C)(N)Cc1ccc(CCl)cc1.I. The van der Waals surface area contributed by atoms with E-state index in [1.807, 2.05) is 26.0 Å². The maximum atomic E-state index is 5.91. The molecule has 0 atom stereocenters. The summed E-state index contributed by atoms with van der Waals surface area (Å²) in [6, 6.07) is 8.28. The lowest BCUT2D eigenvalue weighted by molar-refractivity contribution is 0.517. The number of rotatable bonds is 3. The van der Waals surface area contributed by atoms with E-state index < -0.39 is 0 Å². The Morgan fingerprint density at radius 3 is 1.93 bits per heavy atom. The smallest absolute Gasteiger partial charge is 0.0474 e. The number of hydrogen-bond acceptors (Lipinski definition) is 1. The van der Waals surface area contributed by atoms with Crippen molar-refractivity contribution < 1.29 is 0 Å². The molecule has 0 spiro atoms. The molecule has 0 saturated carbocycles. The lowest BCUT2D eigenvalue weighted by Crippen LogP contribution is -2.34. The van der Waals surface area contributed by atoms with Gasteiger partial charge in [0.15, 0.2) is 0 Å². The second-order valence-electron chi connectivity index (χ2n) is 4.12. The molecular formula is C11H17ClIN. The molecule has 80 valence electrons. The summed E-state index contributed by atoms with van der Waals surface area (Å²) in [4.78, 5) is 0. The minimum Gasteiger partial charge on any atom is -0.325 e. The first-order valence-electron chi connectivity index (χ1n) is 4.44. The molecule has 0 heterocycles. The molecule has 1 aromatic carbocycles. The van der Waals surface area contributed by atoms with Crippen LogP contribution < -0.4 is 5.73 Å². The van der Waals surface area contributed by atoms with Gasteiger partial charge in [-0.1, -0.05) is 24.3 Å². The zero-order valence-electron chi connectivity index (χ0n) is 8.59. The van der Waals surface area contributed by atoms with E-state index in [2.05, 4.69) is 12.1 Å². The molecule has 0 fully saturated rings. The summed E-state index contributed by atoms with van der Waals surface area (Å²) in [5.74, 6) is 0.576. The van der Waals surface area contributed by atoms with Crippen molar-refractivity contribution in [2.24, 2.45) is 5.73 Å². The first-order valence-corrected chi connectivity index (χ1v) is 4.97. The van der Waals surface area contributed by atoms with Crippen molar-refractivity contribution >= 4 is 35.6 Å². The summed E-state index contributed by atoms with van der Waals surface area (Å²) in [5.41, 5.74) is 8.19. The van der Waals surface area contributed by atoms with E-state index in [4.69, 9.17) is 17.3 Å². The third kappa shape index (κ3) is 5.17. The Morgan fingerprint density at radius 1 is 1.14 bits per heavy atom. The van der Waals surface area contributed by atoms with Crippen LogP contribution in [0.15, 0.2) is 24.3 Å². The normalized spacial score (nSPS) is 10.9. The zero-order valence-corrected chi connectivity index (χ0v) is 11.7. The summed E-state index contributed by atoms with van der Waals surface area (Å²) in [5, 5.41) is 0. The van der Waals surface area contributed by atoms with Gasteiger partial charge in [0.05, 0.1) is 0 Å². The van der Waals surface area contributed by atoms with E-state index in [1.54, 1.807) is 0 Å². The van der Waals surface area contributed by atoms with Crippen molar-refractivity contribution in [3.63, 3.8) is 0 Å². The molecule has 0 aliphatic rings. The zero-order chi connectivity index (χ0) is 9.90. The van der Waals surface area contributed by atoms with Gasteiger partial charge >= 0.3 is 0 Å². The quantitative estimate of drug-likeness (QED) is 0.669. The largest absolute Gasteiger partial charge is 0.325 e. The predicted molar refractivity (Wildman–Crippen MR) is 73.4 cm³/mol. The molecule has 1 nitrogen and oxygen atoms in total. The van der Waals surface area contributed by atoms with E-state index >= 15 is 0 Å². The highest BCUT2D eigenvalue weighted by molar-refractivity contribution is 14.0. The van der Waals surface area contributed by atoms with E-state index in [0.717, 1.165) is 12.0 Å². The highest BCUT2D eigenvalue weighted by atomic mass is 127. The molecule has 3 heteroatoms. The topological polar surface area (TPSA) is 26.0 Å². The molecule has 0 radical (unpaired) electrons. The summed E-state index contributed by atoms with van der Waals surface area (Å²) >= 11 is 5.69. The number of hydrogen-bond donors (Lipinski definition) is 1. The van der Waals surface area contributed by atoms with Gasteiger partial charge < -0.3 is 5.73 Å². The summed E-state index contributed by atoms with van der Waals surface area (Å²) in [7, 11) is 0. The fourth-order valence-electron chi connectivity index (χ4n) is 1.27. The highest BCUT2D eigenvalue weighted by Crippen LogP contribution is 2.12. The number of halogens is 2. The predicted octanol–water partition coefficient (Wildman–Crippen LogP) is 3.32. The fourth-order valence-corrected chi connectivity index (χ4v) is 1.45. The van der Waals surface area contributed by atoms with Crippen LogP contribution in [0.5, 0.6) is 0 Å². The molecule has 1 aromatic rings. The van der Waals surface area contributed by atoms with Crippen LogP contribution in [0.1, 0.15) is 25.0 Å². The van der Waals surface area contributed by atoms with Gasteiger partial charge in [-0.25, -0.2) is 0 Å². The maximum absolute atomic E-state index is 5.91. The Labute approximate surface area is 108 Å². The second-order valence-corrected chi connectivity index (χ2v) is 4.38. The van der Waals surface area contributed by atoms with Crippen LogP contribution >= 0.6 is 35.6 Å². The van der Waals surface area contributed by atoms with Gasteiger partial charge in [-0.05, 0) is 31.4 Å². The number of benzene rings is 1. The van der Waals surface area contributed by atoms with Crippen molar-refractivity contribution in [1.82, 2.24) is 0 Å². The molecule has 0 aliphatic carbocycles. The molecule has 14 heavy (non-hydrogen) atoms. The van der Waals surface area contributed by atoms with Gasteiger partial charge in [0, 0.05) is 11.4 Å². The van der Waals surface area contributed by atoms with Gasteiger partial charge in [0.25, 0.3) is 0 Å². The van der Waals surface area contributed by atoms with E-state index in [-0.39, 0.29) is 29.5 Å². The Balaban J connectivity index is 0.00000169. The summed E-state index contributed by atoms with van der Waals surface area (Å²) in [6.45, 7) is 4.06.